The van der Waals surface area contributed by atoms with Crippen LogP contribution in [0.4, 0.5) is 4.79 Å². The highest BCUT2D eigenvalue weighted by atomic mass is 16.6. The van der Waals surface area contributed by atoms with Crippen molar-refractivity contribution in [3.8, 4) is 0 Å². The highest BCUT2D eigenvalue weighted by molar-refractivity contribution is 5.92. The van der Waals surface area contributed by atoms with Crippen molar-refractivity contribution in [3.63, 3.8) is 0 Å². The summed E-state index contributed by atoms with van der Waals surface area (Å²) in [6.07, 6.45) is 6.78. The molecule has 3 amide bonds. The molecule has 0 saturated heterocycles. The van der Waals surface area contributed by atoms with Crippen LogP contribution >= 0.6 is 0 Å². The van der Waals surface area contributed by atoms with Gasteiger partial charge in [-0.05, 0) is 64.2 Å². The van der Waals surface area contributed by atoms with Gasteiger partial charge in [0.2, 0.25) is 11.8 Å². The quantitative estimate of drug-likeness (QED) is 0.250. The smallest absolute Gasteiger partial charge is 0.408 e. The fraction of sp³-hybridized carbons (Fsp3) is 0.645. The summed E-state index contributed by atoms with van der Waals surface area (Å²) in [5.74, 6) is -0.692. The first-order valence-corrected chi connectivity index (χ1v) is 14.2. The molecule has 1 aromatic rings. The summed E-state index contributed by atoms with van der Waals surface area (Å²) in [4.78, 5) is 42.4. The lowest BCUT2D eigenvalue weighted by Gasteiger charge is -2.36. The van der Waals surface area contributed by atoms with Gasteiger partial charge in [0.25, 0.3) is 0 Å². The van der Waals surface area contributed by atoms with Crippen LogP contribution in [-0.2, 0) is 14.3 Å². The zero-order valence-electron chi connectivity index (χ0n) is 24.9. The molecule has 0 aliphatic carbocycles. The second-order valence-electron chi connectivity index (χ2n) is 11.4. The number of unbranched alkanes of at least 4 members (excludes halogenated alkanes) is 4. The maximum absolute atomic E-state index is 14.3. The summed E-state index contributed by atoms with van der Waals surface area (Å²) in [6, 6.07) is 5.78. The topological polar surface area (TPSA) is 87.7 Å². The zero-order valence-corrected chi connectivity index (χ0v) is 24.9. The Morgan fingerprint density at radius 2 is 1.68 bits per heavy atom. The van der Waals surface area contributed by atoms with Gasteiger partial charge in [-0.25, -0.2) is 4.79 Å². The second kappa shape index (κ2) is 16.2. The number of hydrogen-bond donors (Lipinski definition) is 2. The van der Waals surface area contributed by atoms with Gasteiger partial charge in [-0.1, -0.05) is 83.7 Å². The van der Waals surface area contributed by atoms with E-state index in [9.17, 15) is 14.4 Å². The maximum Gasteiger partial charge on any atom is 0.408 e. The summed E-state index contributed by atoms with van der Waals surface area (Å²) in [7, 11) is 0. The molecule has 0 aliphatic heterocycles. The average molecular weight is 530 g/mol. The first-order chi connectivity index (χ1) is 17.8. The molecule has 0 aliphatic rings. The predicted octanol–water partition coefficient (Wildman–Crippen LogP) is 6.63. The van der Waals surface area contributed by atoms with Crippen molar-refractivity contribution in [3.05, 3.63) is 42.0 Å². The van der Waals surface area contributed by atoms with Crippen LogP contribution in [0.25, 0.3) is 6.08 Å². The normalized spacial score (nSPS) is 13.8. The minimum atomic E-state index is -0.844. The molecule has 7 heteroatoms. The largest absolute Gasteiger partial charge is 0.444 e. The van der Waals surface area contributed by atoms with Gasteiger partial charge in [0, 0.05) is 12.6 Å². The van der Waals surface area contributed by atoms with Crippen LogP contribution in [0.5, 0.6) is 0 Å². The first kappa shape index (κ1) is 33.2. The molecule has 3 unspecified atom stereocenters. The van der Waals surface area contributed by atoms with E-state index in [4.69, 9.17) is 4.74 Å². The third-order valence-electron chi connectivity index (χ3n) is 6.39. The second-order valence-corrected chi connectivity index (χ2v) is 11.4. The number of alkyl carbamates (subject to hydrolysis) is 1. The van der Waals surface area contributed by atoms with E-state index in [2.05, 4.69) is 24.1 Å². The molecule has 0 saturated carbocycles. The molecule has 7 nitrogen and oxygen atoms in total. The third kappa shape index (κ3) is 11.3. The Morgan fingerprint density at radius 3 is 2.24 bits per heavy atom. The summed E-state index contributed by atoms with van der Waals surface area (Å²) in [5.41, 5.74) is 0.880. The van der Waals surface area contributed by atoms with Crippen LogP contribution in [0.3, 0.4) is 0 Å². The summed E-state index contributed by atoms with van der Waals surface area (Å²) in [6.45, 7) is 19.5. The number of rotatable bonds is 15. The standard InChI is InChI=1S/C31H51N3O4/c1-10-13-14-15-16-20-34(29(36)26(23(6)11-2)33-30(37)38-31(7,8)9)27(28(35)32-22(4)5)25-19-17-18-24(12-3)21-25/h12,17-19,21-23,26-27H,3,10-11,13-16,20H2,1-2,4-9H3,(H,32,35)(H,33,37). The fourth-order valence-corrected chi connectivity index (χ4v) is 4.24. The van der Waals surface area contributed by atoms with Gasteiger partial charge in [-0.2, -0.15) is 0 Å². The summed E-state index contributed by atoms with van der Waals surface area (Å²) < 4.78 is 5.48. The Bertz CT molecular complexity index is 907. The molecule has 1 rings (SSSR count). The Hall–Kier alpha value is -2.83. The van der Waals surface area contributed by atoms with Crippen molar-refractivity contribution < 1.29 is 19.1 Å². The van der Waals surface area contributed by atoms with Crippen molar-refractivity contribution in [2.45, 2.75) is 118 Å². The van der Waals surface area contributed by atoms with Crippen molar-refractivity contribution in [1.29, 1.82) is 0 Å². The van der Waals surface area contributed by atoms with Crippen LogP contribution in [0.1, 0.15) is 111 Å². The fourth-order valence-electron chi connectivity index (χ4n) is 4.24. The lowest BCUT2D eigenvalue weighted by atomic mass is 9.95. The molecule has 0 fully saturated rings. The molecular formula is C31H51N3O4. The van der Waals surface area contributed by atoms with Gasteiger partial charge < -0.3 is 20.3 Å². The number of benzene rings is 1. The third-order valence-corrected chi connectivity index (χ3v) is 6.39. The van der Waals surface area contributed by atoms with Crippen molar-refractivity contribution in [2.24, 2.45) is 5.92 Å². The lowest BCUT2D eigenvalue weighted by Crippen LogP contribution is -2.55. The van der Waals surface area contributed by atoms with Gasteiger partial charge in [0.1, 0.15) is 17.7 Å². The highest BCUT2D eigenvalue weighted by Crippen LogP contribution is 2.27. The van der Waals surface area contributed by atoms with E-state index >= 15 is 0 Å². The molecular weight excluding hydrogens is 478 g/mol. The van der Waals surface area contributed by atoms with E-state index in [-0.39, 0.29) is 23.8 Å². The lowest BCUT2D eigenvalue weighted by molar-refractivity contribution is -0.143. The monoisotopic (exact) mass is 529 g/mol. The van der Waals surface area contributed by atoms with E-state index < -0.39 is 23.8 Å². The molecule has 3 atom stereocenters. The predicted molar refractivity (Wildman–Crippen MR) is 156 cm³/mol. The van der Waals surface area contributed by atoms with Crippen molar-refractivity contribution >= 4 is 24.0 Å². The first-order valence-electron chi connectivity index (χ1n) is 14.2. The van der Waals surface area contributed by atoms with Gasteiger partial charge in [-0.15, -0.1) is 0 Å². The molecule has 2 N–H and O–H groups in total. The molecule has 0 spiro atoms. The van der Waals surface area contributed by atoms with Gasteiger partial charge >= 0.3 is 6.09 Å². The van der Waals surface area contributed by atoms with E-state index in [0.29, 0.717) is 18.5 Å². The molecule has 38 heavy (non-hydrogen) atoms. The zero-order chi connectivity index (χ0) is 28.9. The van der Waals surface area contributed by atoms with Gasteiger partial charge in [0.05, 0.1) is 0 Å². The van der Waals surface area contributed by atoms with Crippen LogP contribution < -0.4 is 10.6 Å². The Kier molecular flexibility index (Phi) is 14.2. The minimum Gasteiger partial charge on any atom is -0.444 e. The number of hydrogen-bond acceptors (Lipinski definition) is 4. The molecule has 0 aromatic heterocycles. The number of carbonyl (C=O) groups is 3. The van der Waals surface area contributed by atoms with Crippen molar-refractivity contribution in [2.75, 3.05) is 6.54 Å². The Balaban J connectivity index is 3.53. The van der Waals surface area contributed by atoms with Gasteiger partial charge in [-0.3, -0.25) is 9.59 Å². The molecule has 0 radical (unpaired) electrons. The SMILES string of the molecule is C=Cc1cccc(C(C(=O)NC(C)C)N(CCCCCCC)C(=O)C(NC(=O)OC(C)(C)C)C(C)CC)c1. The number of amides is 3. The minimum absolute atomic E-state index is 0.0978. The number of nitrogens with one attached hydrogen (secondary N) is 2. The molecule has 0 heterocycles. The van der Waals surface area contributed by atoms with E-state index in [1.54, 1.807) is 31.7 Å². The summed E-state index contributed by atoms with van der Waals surface area (Å²) in [5, 5.41) is 5.83. The summed E-state index contributed by atoms with van der Waals surface area (Å²) >= 11 is 0. The molecule has 214 valence electrons. The van der Waals surface area contributed by atoms with Crippen LogP contribution in [0, 0.1) is 5.92 Å². The number of ether oxygens (including phenoxy) is 1. The average Bonchev–Trinajstić information content (AvgIpc) is 2.84. The molecule has 0 bridgehead atoms. The molecule has 1 aromatic carbocycles. The van der Waals surface area contributed by atoms with Crippen LogP contribution in [-0.4, -0.2) is 47.0 Å². The Morgan fingerprint density at radius 1 is 1.03 bits per heavy atom. The number of nitrogens with zero attached hydrogens (tertiary/aromatic N) is 1. The van der Waals surface area contributed by atoms with Crippen molar-refractivity contribution in [1.82, 2.24) is 15.5 Å². The van der Waals surface area contributed by atoms with Crippen LogP contribution in [0.15, 0.2) is 30.8 Å². The highest BCUT2D eigenvalue weighted by Gasteiger charge is 2.38. The van der Waals surface area contributed by atoms with Gasteiger partial charge in [0.15, 0.2) is 0 Å². The van der Waals surface area contributed by atoms with Crippen LogP contribution in [0.2, 0.25) is 0 Å². The maximum atomic E-state index is 14.3. The number of carbonyl (C=O) groups excluding carboxylic acids is 3. The Labute approximate surface area is 230 Å². The van der Waals surface area contributed by atoms with E-state index in [0.717, 1.165) is 37.7 Å². The van der Waals surface area contributed by atoms with E-state index in [1.807, 2.05) is 52.0 Å². The van der Waals surface area contributed by atoms with E-state index in [1.165, 1.54) is 0 Å².